The largest absolute Gasteiger partial charge is 0.487 e. The number of aromatic nitrogens is 2. The lowest BCUT2D eigenvalue weighted by atomic mass is 10.1. The van der Waals surface area contributed by atoms with Crippen molar-refractivity contribution in [2.45, 2.75) is 39.7 Å². The van der Waals surface area contributed by atoms with Crippen LogP contribution < -0.4 is 10.3 Å². The van der Waals surface area contributed by atoms with Crippen LogP contribution in [-0.2, 0) is 6.61 Å². The molecule has 0 saturated heterocycles. The summed E-state index contributed by atoms with van der Waals surface area (Å²) in [5, 5.41) is 5.60. The molecule has 0 aliphatic heterocycles. The van der Waals surface area contributed by atoms with E-state index in [9.17, 15) is 4.79 Å². The Kier molecular flexibility index (Phi) is 8.09. The highest BCUT2D eigenvalue weighted by atomic mass is 79.9. The summed E-state index contributed by atoms with van der Waals surface area (Å²) in [6.07, 6.45) is 2.42. The zero-order chi connectivity index (χ0) is 25.1. The molecule has 0 aliphatic carbocycles. The normalized spacial score (nSPS) is 12.4. The summed E-state index contributed by atoms with van der Waals surface area (Å²) in [6.45, 7) is 6.52. The van der Waals surface area contributed by atoms with Crippen LogP contribution in [-0.4, -0.2) is 15.9 Å². The summed E-state index contributed by atoms with van der Waals surface area (Å²) in [7, 11) is 0. The van der Waals surface area contributed by atoms with Gasteiger partial charge in [-0.1, -0.05) is 71.2 Å². The predicted molar refractivity (Wildman–Crippen MR) is 150 cm³/mol. The molecule has 35 heavy (non-hydrogen) atoms. The zero-order valence-electron chi connectivity index (χ0n) is 19.6. The maximum absolute atomic E-state index is 13.4. The summed E-state index contributed by atoms with van der Waals surface area (Å²) in [5.41, 5.74) is 3.27. The Bertz CT molecular complexity index is 1480. The Morgan fingerprint density at radius 1 is 1.17 bits per heavy atom. The van der Waals surface area contributed by atoms with Crippen molar-refractivity contribution >= 4 is 60.6 Å². The van der Waals surface area contributed by atoms with Crippen LogP contribution in [0.15, 0.2) is 73.4 Å². The van der Waals surface area contributed by atoms with Crippen molar-refractivity contribution in [1.29, 1.82) is 0 Å². The number of halogens is 3. The van der Waals surface area contributed by atoms with Gasteiger partial charge in [0.05, 0.1) is 21.6 Å². The molecular weight excluding hydrogens is 594 g/mol. The average Bonchev–Trinajstić information content (AvgIpc) is 2.82. The van der Waals surface area contributed by atoms with Crippen LogP contribution in [0.3, 0.4) is 0 Å². The van der Waals surface area contributed by atoms with Gasteiger partial charge in [0.25, 0.3) is 5.56 Å². The van der Waals surface area contributed by atoms with E-state index in [1.54, 1.807) is 24.4 Å². The Morgan fingerprint density at radius 3 is 2.71 bits per heavy atom. The van der Waals surface area contributed by atoms with E-state index in [2.05, 4.69) is 50.0 Å². The molecule has 0 bridgehead atoms. The third-order valence-corrected chi connectivity index (χ3v) is 7.00. The molecule has 1 aromatic heterocycles. The van der Waals surface area contributed by atoms with Gasteiger partial charge in [-0.3, -0.25) is 4.79 Å². The molecule has 0 aliphatic rings. The van der Waals surface area contributed by atoms with Gasteiger partial charge in [-0.05, 0) is 65.2 Å². The first-order chi connectivity index (χ1) is 16.8. The number of benzene rings is 3. The molecule has 0 saturated carbocycles. The van der Waals surface area contributed by atoms with Gasteiger partial charge in [-0.25, -0.2) is 4.98 Å². The SMILES string of the molecule is CC[C@H](C)c1nc2ccc(Br)cc2c(=O)n1N=Cc1cc(Cl)cc(Br)c1OCc1cccc(C)c1. The smallest absolute Gasteiger partial charge is 0.282 e. The molecule has 1 heterocycles. The fourth-order valence-electron chi connectivity index (χ4n) is 3.68. The number of hydrogen-bond acceptors (Lipinski definition) is 4. The number of aryl methyl sites for hydroxylation is 1. The second-order valence-corrected chi connectivity index (χ2v) is 10.6. The van der Waals surface area contributed by atoms with Crippen molar-refractivity contribution < 1.29 is 4.74 Å². The molecule has 1 atom stereocenters. The van der Waals surface area contributed by atoms with Crippen LogP contribution in [0.5, 0.6) is 5.75 Å². The Balaban J connectivity index is 1.78. The first-order valence-electron chi connectivity index (χ1n) is 11.2. The number of rotatable bonds is 7. The van der Waals surface area contributed by atoms with Crippen molar-refractivity contribution in [2.24, 2.45) is 5.10 Å². The van der Waals surface area contributed by atoms with Gasteiger partial charge >= 0.3 is 0 Å². The minimum absolute atomic E-state index is 0.0380. The topological polar surface area (TPSA) is 56.5 Å². The van der Waals surface area contributed by atoms with Gasteiger partial charge in [0.15, 0.2) is 0 Å². The molecular formula is C27H24Br2ClN3O2. The van der Waals surface area contributed by atoms with E-state index < -0.39 is 0 Å². The maximum atomic E-state index is 13.4. The first kappa shape index (κ1) is 25.6. The summed E-state index contributed by atoms with van der Waals surface area (Å²) >= 11 is 13.3. The van der Waals surface area contributed by atoms with Crippen LogP contribution in [0.25, 0.3) is 10.9 Å². The van der Waals surface area contributed by atoms with E-state index in [-0.39, 0.29) is 11.5 Å². The van der Waals surface area contributed by atoms with Gasteiger partial charge in [0, 0.05) is 21.0 Å². The number of ether oxygens (including phenoxy) is 1. The summed E-state index contributed by atoms with van der Waals surface area (Å²) in [4.78, 5) is 18.2. The highest BCUT2D eigenvalue weighted by molar-refractivity contribution is 9.10. The third-order valence-electron chi connectivity index (χ3n) is 5.70. The highest BCUT2D eigenvalue weighted by Crippen LogP contribution is 2.33. The van der Waals surface area contributed by atoms with Gasteiger partial charge in [0.1, 0.15) is 18.2 Å². The summed E-state index contributed by atoms with van der Waals surface area (Å²) in [6, 6.07) is 17.2. The lowest BCUT2D eigenvalue weighted by Crippen LogP contribution is -2.23. The number of fused-ring (bicyclic) bond motifs is 1. The predicted octanol–water partition coefficient (Wildman–Crippen LogP) is 7.86. The molecule has 4 rings (SSSR count). The molecule has 4 aromatic rings. The minimum atomic E-state index is -0.230. The number of hydrogen-bond donors (Lipinski definition) is 0. The highest BCUT2D eigenvalue weighted by Gasteiger charge is 2.16. The molecule has 8 heteroatoms. The lowest BCUT2D eigenvalue weighted by Gasteiger charge is -2.15. The molecule has 0 unspecified atom stereocenters. The van der Waals surface area contributed by atoms with Crippen molar-refractivity contribution in [2.75, 3.05) is 0 Å². The molecule has 5 nitrogen and oxygen atoms in total. The molecule has 3 aromatic carbocycles. The quantitative estimate of drug-likeness (QED) is 0.199. The third kappa shape index (κ3) is 5.85. The van der Waals surface area contributed by atoms with Crippen molar-refractivity contribution in [1.82, 2.24) is 9.66 Å². The molecule has 0 spiro atoms. The van der Waals surface area contributed by atoms with Crippen LogP contribution in [0.4, 0.5) is 0 Å². The van der Waals surface area contributed by atoms with Gasteiger partial charge in [0.2, 0.25) is 0 Å². The van der Waals surface area contributed by atoms with Crippen molar-refractivity contribution in [3.05, 3.63) is 101 Å². The fourth-order valence-corrected chi connectivity index (χ4v) is 4.99. The van der Waals surface area contributed by atoms with Crippen molar-refractivity contribution in [3.8, 4) is 5.75 Å². The molecule has 0 fully saturated rings. The van der Waals surface area contributed by atoms with Gasteiger partial charge < -0.3 is 4.74 Å². The van der Waals surface area contributed by atoms with Crippen LogP contribution in [0.2, 0.25) is 5.02 Å². The zero-order valence-corrected chi connectivity index (χ0v) is 23.5. The maximum Gasteiger partial charge on any atom is 0.282 e. The Labute approximate surface area is 226 Å². The van der Waals surface area contributed by atoms with Gasteiger partial charge in [-0.2, -0.15) is 9.78 Å². The summed E-state index contributed by atoms with van der Waals surface area (Å²) < 4.78 is 9.05. The van der Waals surface area contributed by atoms with Gasteiger partial charge in [-0.15, -0.1) is 0 Å². The van der Waals surface area contributed by atoms with Crippen LogP contribution >= 0.6 is 43.5 Å². The fraction of sp³-hybridized carbons (Fsp3) is 0.222. The van der Waals surface area contributed by atoms with E-state index in [1.165, 1.54) is 4.68 Å². The van der Waals surface area contributed by atoms with Crippen LogP contribution in [0, 0.1) is 6.92 Å². The Hall–Kier alpha value is -2.48. The van der Waals surface area contributed by atoms with Crippen molar-refractivity contribution in [3.63, 3.8) is 0 Å². The van der Waals surface area contributed by atoms with E-state index in [4.69, 9.17) is 21.3 Å². The standard InChI is InChI=1S/C27H24Br2ClN3O2/c1-4-17(3)26-32-24-9-8-20(28)12-22(24)27(34)33(26)31-14-19-11-21(30)13-23(29)25(19)35-15-18-7-5-6-16(2)10-18/h5-14,17H,4,15H2,1-3H3/t17-/m0/s1. The van der Waals surface area contributed by atoms with E-state index in [0.717, 1.165) is 22.0 Å². The van der Waals surface area contributed by atoms with E-state index >= 15 is 0 Å². The first-order valence-corrected chi connectivity index (χ1v) is 13.2. The minimum Gasteiger partial charge on any atom is -0.487 e. The van der Waals surface area contributed by atoms with Crippen LogP contribution in [0.1, 0.15) is 48.7 Å². The molecule has 0 amide bonds. The summed E-state index contributed by atoms with van der Waals surface area (Å²) in [5.74, 6) is 1.23. The molecule has 0 radical (unpaired) electrons. The second kappa shape index (κ2) is 11.1. The Morgan fingerprint density at radius 2 is 1.97 bits per heavy atom. The molecule has 0 N–H and O–H groups in total. The lowest BCUT2D eigenvalue weighted by molar-refractivity contribution is 0.303. The average molecular weight is 618 g/mol. The van der Waals surface area contributed by atoms with E-state index in [0.29, 0.717) is 44.1 Å². The monoisotopic (exact) mass is 615 g/mol. The molecule has 180 valence electrons. The second-order valence-electron chi connectivity index (χ2n) is 8.39. The van der Waals surface area contributed by atoms with E-state index in [1.807, 2.05) is 44.2 Å². The number of nitrogens with zero attached hydrogens (tertiary/aromatic N) is 3.